The SMILES string of the molecule is Cc1ccc2nc(N)n(C3CCC3)c2n1.Cc1ccc2nc(NC(=O)CC(C)(C)CO)n(C3CCC3)c2n1. The number of aliphatic hydroxyl groups is 1. The van der Waals surface area contributed by atoms with Crippen LogP contribution in [0, 0.1) is 19.3 Å². The fraction of sp³-hybridized carbons (Fsp3) is 0.536. The van der Waals surface area contributed by atoms with Gasteiger partial charge in [-0.15, -0.1) is 0 Å². The van der Waals surface area contributed by atoms with Crippen molar-refractivity contribution in [2.45, 2.75) is 84.7 Å². The molecule has 38 heavy (non-hydrogen) atoms. The summed E-state index contributed by atoms with van der Waals surface area (Å²) >= 11 is 0. The summed E-state index contributed by atoms with van der Waals surface area (Å²) in [5.74, 6) is 1.05. The van der Waals surface area contributed by atoms with Crippen molar-refractivity contribution in [1.82, 2.24) is 29.1 Å². The number of nitrogen functional groups attached to an aromatic ring is 1. The molecule has 6 rings (SSSR count). The van der Waals surface area contributed by atoms with E-state index in [0.717, 1.165) is 46.6 Å². The second-order valence-corrected chi connectivity index (χ2v) is 11.5. The molecule has 2 saturated carbocycles. The van der Waals surface area contributed by atoms with Crippen molar-refractivity contribution in [3.8, 4) is 0 Å². The molecule has 2 aliphatic rings. The van der Waals surface area contributed by atoms with Gasteiger partial charge < -0.3 is 10.8 Å². The second-order valence-electron chi connectivity index (χ2n) is 11.5. The van der Waals surface area contributed by atoms with Gasteiger partial charge in [0.05, 0.1) is 0 Å². The van der Waals surface area contributed by atoms with Crippen molar-refractivity contribution in [2.75, 3.05) is 17.7 Å². The molecule has 4 aromatic heterocycles. The molecular formula is C28H38N8O2. The highest BCUT2D eigenvalue weighted by atomic mass is 16.3. The summed E-state index contributed by atoms with van der Waals surface area (Å²) in [6, 6.07) is 8.71. The van der Waals surface area contributed by atoms with Crippen LogP contribution in [0.4, 0.5) is 11.9 Å². The molecular weight excluding hydrogens is 480 g/mol. The quantitative estimate of drug-likeness (QED) is 0.331. The number of hydrogen-bond donors (Lipinski definition) is 3. The van der Waals surface area contributed by atoms with Crippen molar-refractivity contribution in [1.29, 1.82) is 0 Å². The Morgan fingerprint density at radius 3 is 1.97 bits per heavy atom. The van der Waals surface area contributed by atoms with Crippen LogP contribution in [0.2, 0.25) is 0 Å². The molecule has 0 radical (unpaired) electrons. The number of aromatic nitrogens is 6. The molecule has 202 valence electrons. The Kier molecular flexibility index (Phi) is 7.09. The third-order valence-electron chi connectivity index (χ3n) is 7.58. The molecule has 0 bridgehead atoms. The predicted octanol–water partition coefficient (Wildman–Crippen LogP) is 4.86. The van der Waals surface area contributed by atoms with Crippen LogP contribution in [0.25, 0.3) is 22.3 Å². The van der Waals surface area contributed by atoms with Crippen molar-refractivity contribution in [3.63, 3.8) is 0 Å². The number of amides is 1. The fourth-order valence-corrected chi connectivity index (χ4v) is 4.90. The van der Waals surface area contributed by atoms with Gasteiger partial charge >= 0.3 is 0 Å². The van der Waals surface area contributed by atoms with Gasteiger partial charge in [-0.1, -0.05) is 13.8 Å². The number of imidazole rings is 2. The zero-order valence-corrected chi connectivity index (χ0v) is 22.7. The molecule has 4 aromatic rings. The maximum atomic E-state index is 12.3. The molecule has 0 saturated heterocycles. The zero-order valence-electron chi connectivity index (χ0n) is 22.7. The second kappa shape index (κ2) is 10.3. The van der Waals surface area contributed by atoms with Crippen molar-refractivity contribution in [3.05, 3.63) is 35.7 Å². The van der Waals surface area contributed by atoms with Crippen LogP contribution in [0.15, 0.2) is 24.3 Å². The molecule has 1 amide bonds. The number of hydrogen-bond acceptors (Lipinski definition) is 7. The van der Waals surface area contributed by atoms with Gasteiger partial charge in [-0.2, -0.15) is 0 Å². The molecule has 0 atom stereocenters. The van der Waals surface area contributed by atoms with E-state index in [2.05, 4.69) is 34.4 Å². The minimum Gasteiger partial charge on any atom is -0.396 e. The van der Waals surface area contributed by atoms with Gasteiger partial charge in [0.2, 0.25) is 17.8 Å². The van der Waals surface area contributed by atoms with E-state index >= 15 is 0 Å². The number of nitrogens with zero attached hydrogens (tertiary/aromatic N) is 6. The first-order valence-electron chi connectivity index (χ1n) is 13.5. The highest BCUT2D eigenvalue weighted by Gasteiger charge is 2.28. The molecule has 10 heteroatoms. The average Bonchev–Trinajstić information content (AvgIpc) is 3.29. The molecule has 2 fully saturated rings. The largest absolute Gasteiger partial charge is 0.396 e. The van der Waals surface area contributed by atoms with Gasteiger partial charge in [0, 0.05) is 36.5 Å². The smallest absolute Gasteiger partial charge is 0.227 e. The molecule has 2 aliphatic carbocycles. The number of aliphatic hydroxyl groups excluding tert-OH is 1. The lowest BCUT2D eigenvalue weighted by Crippen LogP contribution is -2.27. The number of nitrogens with two attached hydrogens (primary N) is 1. The van der Waals surface area contributed by atoms with Gasteiger partial charge in [-0.3, -0.25) is 19.2 Å². The van der Waals surface area contributed by atoms with Crippen LogP contribution in [-0.2, 0) is 4.79 Å². The third kappa shape index (κ3) is 5.22. The monoisotopic (exact) mass is 518 g/mol. The van der Waals surface area contributed by atoms with E-state index in [-0.39, 0.29) is 18.9 Å². The Bertz CT molecular complexity index is 1460. The lowest BCUT2D eigenvalue weighted by atomic mass is 9.90. The summed E-state index contributed by atoms with van der Waals surface area (Å²) in [5.41, 5.74) is 10.9. The number of carbonyl (C=O) groups is 1. The Hall–Kier alpha value is -3.53. The third-order valence-corrected chi connectivity index (χ3v) is 7.58. The minimum absolute atomic E-state index is 0.0276. The van der Waals surface area contributed by atoms with Crippen LogP contribution in [0.5, 0.6) is 0 Å². The first-order valence-corrected chi connectivity index (χ1v) is 13.5. The number of anilines is 2. The van der Waals surface area contributed by atoms with E-state index in [9.17, 15) is 9.90 Å². The summed E-state index contributed by atoms with van der Waals surface area (Å²) in [6.45, 7) is 7.66. The van der Waals surface area contributed by atoms with Crippen molar-refractivity contribution >= 4 is 40.1 Å². The topological polar surface area (TPSA) is 137 Å². The first-order chi connectivity index (χ1) is 18.1. The summed E-state index contributed by atoms with van der Waals surface area (Å²) in [5, 5.41) is 12.3. The van der Waals surface area contributed by atoms with E-state index in [1.165, 1.54) is 25.7 Å². The predicted molar refractivity (Wildman–Crippen MR) is 149 cm³/mol. The Morgan fingerprint density at radius 2 is 1.45 bits per heavy atom. The molecule has 0 aromatic carbocycles. The summed E-state index contributed by atoms with van der Waals surface area (Å²) < 4.78 is 4.15. The molecule has 0 aliphatic heterocycles. The highest BCUT2D eigenvalue weighted by Crippen LogP contribution is 2.37. The molecule has 0 unspecified atom stereocenters. The summed E-state index contributed by atoms with van der Waals surface area (Å²) in [4.78, 5) is 30.3. The molecule has 0 spiro atoms. The highest BCUT2D eigenvalue weighted by molar-refractivity contribution is 5.91. The van der Waals surface area contributed by atoms with E-state index in [1.54, 1.807) is 0 Å². The minimum atomic E-state index is -0.438. The maximum absolute atomic E-state index is 12.3. The van der Waals surface area contributed by atoms with Crippen molar-refractivity contribution in [2.24, 2.45) is 5.41 Å². The fourth-order valence-electron chi connectivity index (χ4n) is 4.90. The van der Waals surface area contributed by atoms with Crippen LogP contribution >= 0.6 is 0 Å². The zero-order chi connectivity index (χ0) is 27.0. The molecule has 4 heterocycles. The average molecular weight is 519 g/mol. The Balaban J connectivity index is 0.000000168. The van der Waals surface area contributed by atoms with E-state index in [4.69, 9.17) is 5.73 Å². The normalized spacial score (nSPS) is 16.1. The van der Waals surface area contributed by atoms with Crippen LogP contribution in [0.1, 0.15) is 82.3 Å². The van der Waals surface area contributed by atoms with Crippen LogP contribution in [0.3, 0.4) is 0 Å². The standard InChI is InChI=1S/C17H24N4O2.C11H14N4/c1-11-7-8-13-15(18-11)21(12-5-4-6-12)16(19-13)20-14(23)9-17(2,3)10-22;1-7-5-6-9-10(13-7)15(11(12)14-9)8-3-2-4-8/h7-8,12,22H,4-6,9-10H2,1-3H3,(H,19,20,23);5-6,8H,2-4H2,1H3,(H2,12,14). The number of nitrogens with one attached hydrogen (secondary N) is 1. The number of rotatable bonds is 6. The maximum Gasteiger partial charge on any atom is 0.227 e. The van der Waals surface area contributed by atoms with E-state index in [0.29, 0.717) is 24.0 Å². The van der Waals surface area contributed by atoms with Gasteiger partial charge in [-0.25, -0.2) is 19.9 Å². The number of pyridine rings is 2. The number of carbonyl (C=O) groups excluding carboxylic acids is 1. The van der Waals surface area contributed by atoms with E-state index in [1.807, 2.05) is 52.0 Å². The molecule has 10 nitrogen and oxygen atoms in total. The summed E-state index contributed by atoms with van der Waals surface area (Å²) in [7, 11) is 0. The van der Waals surface area contributed by atoms with Crippen LogP contribution in [-0.4, -0.2) is 46.7 Å². The van der Waals surface area contributed by atoms with Crippen LogP contribution < -0.4 is 11.1 Å². The van der Waals surface area contributed by atoms with Gasteiger partial charge in [0.25, 0.3) is 0 Å². The molecule has 4 N–H and O–H groups in total. The number of fused-ring (bicyclic) bond motifs is 2. The first kappa shape index (κ1) is 26.1. The van der Waals surface area contributed by atoms with Gasteiger partial charge in [-0.05, 0) is 82.1 Å². The lowest BCUT2D eigenvalue weighted by Gasteiger charge is -2.29. The van der Waals surface area contributed by atoms with E-state index < -0.39 is 5.41 Å². The van der Waals surface area contributed by atoms with Gasteiger partial charge in [0.15, 0.2) is 11.3 Å². The van der Waals surface area contributed by atoms with Crippen molar-refractivity contribution < 1.29 is 9.90 Å². The van der Waals surface area contributed by atoms with Gasteiger partial charge in [0.1, 0.15) is 11.0 Å². The number of aryl methyl sites for hydroxylation is 2. The Morgan fingerprint density at radius 1 is 0.921 bits per heavy atom. The Labute approximate surface area is 222 Å². The summed E-state index contributed by atoms with van der Waals surface area (Å²) in [6.07, 6.45) is 7.31. The lowest BCUT2D eigenvalue weighted by molar-refractivity contribution is -0.118.